The Bertz CT molecular complexity index is 475. The average molecular weight is 191 g/mol. The molecule has 3 N–H and O–H groups in total. The minimum Gasteiger partial charge on any atom is -0.480 e. The van der Waals surface area contributed by atoms with Crippen molar-refractivity contribution in [2.75, 3.05) is 0 Å². The van der Waals surface area contributed by atoms with E-state index in [0.717, 1.165) is 11.0 Å². The predicted molar refractivity (Wildman–Crippen MR) is 50.8 cm³/mol. The highest BCUT2D eigenvalue weighted by atomic mass is 16.4. The van der Waals surface area contributed by atoms with Crippen LogP contribution in [0, 0.1) is 0 Å². The molecule has 14 heavy (non-hydrogen) atoms. The van der Waals surface area contributed by atoms with E-state index >= 15 is 0 Å². The minimum atomic E-state index is -1.03. The average Bonchev–Trinajstić information content (AvgIpc) is 2.62. The van der Waals surface area contributed by atoms with Gasteiger partial charge in [0.25, 0.3) is 0 Å². The van der Waals surface area contributed by atoms with Gasteiger partial charge in [-0.2, -0.15) is 0 Å². The summed E-state index contributed by atoms with van der Waals surface area (Å²) in [5, 5.41) is 9.57. The van der Waals surface area contributed by atoms with E-state index in [-0.39, 0.29) is 0 Å². The summed E-state index contributed by atoms with van der Waals surface area (Å²) in [5.74, 6) is -1.03. The van der Waals surface area contributed by atoms with Gasteiger partial charge in [-0.3, -0.25) is 4.79 Å². The molecule has 4 heteroatoms. The van der Waals surface area contributed by atoms with Gasteiger partial charge >= 0.3 is 5.97 Å². The molecule has 0 amide bonds. The molecule has 0 spiro atoms. The van der Waals surface area contributed by atoms with Crippen LogP contribution in [0.25, 0.3) is 11.0 Å². The van der Waals surface area contributed by atoms with Crippen molar-refractivity contribution in [3.63, 3.8) is 0 Å². The van der Waals surface area contributed by atoms with Crippen molar-refractivity contribution in [1.29, 1.82) is 0 Å². The van der Waals surface area contributed by atoms with E-state index in [1.165, 1.54) is 0 Å². The standard InChI is InChI=1S/C10H9NO3/c11-9(10(12)13)7-1-2-8-6(5-7)3-4-14-8/h1-5,9H,11H2,(H,12,13)/t9-/m1/s1. The molecule has 2 aromatic rings. The molecule has 0 fully saturated rings. The molecule has 0 bridgehead atoms. The number of carboxylic acid groups (broad SMARTS) is 1. The molecule has 0 saturated heterocycles. The number of carbonyl (C=O) groups is 1. The second-order valence-electron chi connectivity index (χ2n) is 3.03. The van der Waals surface area contributed by atoms with Crippen molar-refractivity contribution in [3.05, 3.63) is 36.1 Å². The fraction of sp³-hybridized carbons (Fsp3) is 0.100. The lowest BCUT2D eigenvalue weighted by atomic mass is 10.1. The monoisotopic (exact) mass is 191 g/mol. The number of aliphatic carboxylic acids is 1. The second-order valence-corrected chi connectivity index (χ2v) is 3.03. The zero-order valence-corrected chi connectivity index (χ0v) is 7.31. The van der Waals surface area contributed by atoms with E-state index in [1.54, 1.807) is 30.5 Å². The maximum absolute atomic E-state index is 10.6. The van der Waals surface area contributed by atoms with Gasteiger partial charge in [0.2, 0.25) is 0 Å². The zero-order chi connectivity index (χ0) is 10.1. The van der Waals surface area contributed by atoms with E-state index in [9.17, 15) is 4.79 Å². The van der Waals surface area contributed by atoms with Gasteiger partial charge in [0.05, 0.1) is 6.26 Å². The molecule has 72 valence electrons. The lowest BCUT2D eigenvalue weighted by Crippen LogP contribution is -2.20. The summed E-state index contributed by atoms with van der Waals surface area (Å²) >= 11 is 0. The van der Waals surface area contributed by atoms with Gasteiger partial charge < -0.3 is 15.3 Å². The first-order valence-corrected chi connectivity index (χ1v) is 4.14. The number of hydrogen-bond donors (Lipinski definition) is 2. The Morgan fingerprint density at radius 1 is 1.43 bits per heavy atom. The number of nitrogens with two attached hydrogens (primary N) is 1. The van der Waals surface area contributed by atoms with Crippen LogP contribution in [-0.2, 0) is 4.79 Å². The first-order valence-electron chi connectivity index (χ1n) is 4.14. The fourth-order valence-corrected chi connectivity index (χ4v) is 1.32. The van der Waals surface area contributed by atoms with E-state index in [0.29, 0.717) is 5.56 Å². The third kappa shape index (κ3) is 1.36. The van der Waals surface area contributed by atoms with Crippen LogP contribution < -0.4 is 5.73 Å². The Morgan fingerprint density at radius 3 is 2.93 bits per heavy atom. The summed E-state index contributed by atoms with van der Waals surface area (Å²) in [6.07, 6.45) is 1.56. The molecule has 4 nitrogen and oxygen atoms in total. The minimum absolute atomic E-state index is 0.575. The number of furan rings is 1. The van der Waals surface area contributed by atoms with Crippen LogP contribution in [0.15, 0.2) is 34.9 Å². The summed E-state index contributed by atoms with van der Waals surface area (Å²) in [6, 6.07) is 5.89. The molecule has 0 aliphatic heterocycles. The van der Waals surface area contributed by atoms with Gasteiger partial charge in [0.15, 0.2) is 0 Å². The Hall–Kier alpha value is -1.81. The van der Waals surface area contributed by atoms with Crippen LogP contribution in [0.1, 0.15) is 11.6 Å². The van der Waals surface area contributed by atoms with Gasteiger partial charge in [0.1, 0.15) is 11.6 Å². The molecule has 0 unspecified atom stereocenters. The van der Waals surface area contributed by atoms with Crippen LogP contribution in [0.4, 0.5) is 0 Å². The van der Waals surface area contributed by atoms with Crippen LogP contribution in [0.5, 0.6) is 0 Å². The van der Waals surface area contributed by atoms with E-state index in [4.69, 9.17) is 15.3 Å². The van der Waals surface area contributed by atoms with Crippen molar-refractivity contribution in [2.45, 2.75) is 6.04 Å². The van der Waals surface area contributed by atoms with Gasteiger partial charge in [-0.25, -0.2) is 0 Å². The Kier molecular flexibility index (Phi) is 1.98. The summed E-state index contributed by atoms with van der Waals surface area (Å²) < 4.78 is 5.12. The highest BCUT2D eigenvalue weighted by Crippen LogP contribution is 2.20. The third-order valence-electron chi connectivity index (χ3n) is 2.10. The lowest BCUT2D eigenvalue weighted by Gasteiger charge is -2.05. The van der Waals surface area contributed by atoms with Crippen molar-refractivity contribution >= 4 is 16.9 Å². The summed E-state index contributed by atoms with van der Waals surface area (Å²) in [4.78, 5) is 10.6. The number of fused-ring (bicyclic) bond motifs is 1. The number of carboxylic acids is 1. The molecule has 2 rings (SSSR count). The van der Waals surface area contributed by atoms with E-state index < -0.39 is 12.0 Å². The lowest BCUT2D eigenvalue weighted by molar-refractivity contribution is -0.138. The molecule has 1 atom stereocenters. The van der Waals surface area contributed by atoms with Crippen LogP contribution in [0.2, 0.25) is 0 Å². The SMILES string of the molecule is N[C@@H](C(=O)O)c1ccc2occc2c1. The molecule has 1 aromatic heterocycles. The predicted octanol–water partition coefficient (Wildman–Crippen LogP) is 1.52. The summed E-state index contributed by atoms with van der Waals surface area (Å²) in [6.45, 7) is 0. The molecule has 0 radical (unpaired) electrons. The maximum atomic E-state index is 10.6. The highest BCUT2D eigenvalue weighted by molar-refractivity contribution is 5.81. The maximum Gasteiger partial charge on any atom is 0.325 e. The number of rotatable bonds is 2. The smallest absolute Gasteiger partial charge is 0.325 e. The van der Waals surface area contributed by atoms with Crippen molar-refractivity contribution in [2.24, 2.45) is 5.73 Å². The topological polar surface area (TPSA) is 76.5 Å². The van der Waals surface area contributed by atoms with Gasteiger partial charge in [-0.15, -0.1) is 0 Å². The zero-order valence-electron chi connectivity index (χ0n) is 7.31. The third-order valence-corrected chi connectivity index (χ3v) is 2.10. The molecule has 0 aliphatic rings. The van der Waals surface area contributed by atoms with Gasteiger partial charge in [-0.05, 0) is 23.8 Å². The van der Waals surface area contributed by atoms with Gasteiger partial charge in [0, 0.05) is 5.39 Å². The Labute approximate surface area is 79.9 Å². The molecular formula is C10H9NO3. The van der Waals surface area contributed by atoms with Crippen LogP contribution >= 0.6 is 0 Å². The fourth-order valence-electron chi connectivity index (χ4n) is 1.32. The number of hydrogen-bond acceptors (Lipinski definition) is 3. The Morgan fingerprint density at radius 2 is 2.21 bits per heavy atom. The summed E-state index contributed by atoms with van der Waals surface area (Å²) in [7, 11) is 0. The quantitative estimate of drug-likeness (QED) is 0.754. The largest absolute Gasteiger partial charge is 0.480 e. The second kappa shape index (κ2) is 3.16. The number of benzene rings is 1. The van der Waals surface area contributed by atoms with Crippen LogP contribution in [0.3, 0.4) is 0 Å². The van der Waals surface area contributed by atoms with Crippen molar-refractivity contribution < 1.29 is 14.3 Å². The van der Waals surface area contributed by atoms with E-state index in [1.807, 2.05) is 0 Å². The molecular weight excluding hydrogens is 182 g/mol. The van der Waals surface area contributed by atoms with Crippen LogP contribution in [-0.4, -0.2) is 11.1 Å². The summed E-state index contributed by atoms with van der Waals surface area (Å²) in [5.41, 5.74) is 6.77. The normalized spacial score (nSPS) is 12.9. The first-order chi connectivity index (χ1) is 6.68. The molecule has 1 aromatic carbocycles. The molecule has 0 aliphatic carbocycles. The van der Waals surface area contributed by atoms with Crippen molar-refractivity contribution in [1.82, 2.24) is 0 Å². The molecule has 1 heterocycles. The highest BCUT2D eigenvalue weighted by Gasteiger charge is 2.14. The van der Waals surface area contributed by atoms with E-state index in [2.05, 4.69) is 0 Å². The van der Waals surface area contributed by atoms with Gasteiger partial charge in [-0.1, -0.05) is 6.07 Å². The Balaban J connectivity index is 2.48. The first kappa shape index (κ1) is 8.77. The van der Waals surface area contributed by atoms with Crippen molar-refractivity contribution in [3.8, 4) is 0 Å². The molecule has 0 saturated carbocycles.